The van der Waals surface area contributed by atoms with Gasteiger partial charge in [0.15, 0.2) is 0 Å². The summed E-state index contributed by atoms with van der Waals surface area (Å²) in [5.74, 6) is -0.118. The lowest BCUT2D eigenvalue weighted by molar-refractivity contribution is 0.0963. The highest BCUT2D eigenvalue weighted by Crippen LogP contribution is 2.04. The molecule has 3 amide bonds. The van der Waals surface area contributed by atoms with Crippen LogP contribution in [0, 0.1) is 0 Å². The Hall–Kier alpha value is -2.04. The van der Waals surface area contributed by atoms with Gasteiger partial charge in [-0.15, -0.1) is 0 Å². The first-order chi connectivity index (χ1) is 8.52. The molecule has 0 aliphatic rings. The maximum Gasteiger partial charge on any atom is 0.315 e. The van der Waals surface area contributed by atoms with Gasteiger partial charge in [0.2, 0.25) is 0 Å². The number of hydrogen-bond acceptors (Lipinski definition) is 2. The second-order valence-corrected chi connectivity index (χ2v) is 4.26. The summed E-state index contributed by atoms with van der Waals surface area (Å²) in [6.45, 7) is 4.24. The number of rotatable bonds is 4. The number of benzene rings is 1. The van der Waals surface area contributed by atoms with Crippen molar-refractivity contribution in [3.8, 4) is 0 Å². The highest BCUT2D eigenvalue weighted by atomic mass is 16.2. The highest BCUT2D eigenvalue weighted by molar-refractivity contribution is 5.93. The van der Waals surface area contributed by atoms with Crippen LogP contribution in [-0.2, 0) is 6.54 Å². The first-order valence-electron chi connectivity index (χ1n) is 5.88. The molecule has 0 heterocycles. The van der Waals surface area contributed by atoms with Gasteiger partial charge in [-0.3, -0.25) is 4.79 Å². The molecular weight excluding hydrogens is 230 g/mol. The Labute approximate surface area is 107 Å². The normalized spacial score (nSPS) is 10.0. The maximum absolute atomic E-state index is 11.4. The average Bonchev–Trinajstić information content (AvgIpc) is 2.35. The molecule has 1 aromatic carbocycles. The quantitative estimate of drug-likeness (QED) is 0.751. The summed E-state index contributed by atoms with van der Waals surface area (Å²) in [6.07, 6.45) is 0. The summed E-state index contributed by atoms with van der Waals surface area (Å²) in [6, 6.07) is 7.02. The van der Waals surface area contributed by atoms with Crippen molar-refractivity contribution in [2.75, 3.05) is 7.05 Å². The predicted octanol–water partition coefficient (Wildman–Crippen LogP) is 1.25. The van der Waals surface area contributed by atoms with Crippen molar-refractivity contribution < 1.29 is 9.59 Å². The van der Waals surface area contributed by atoms with Gasteiger partial charge >= 0.3 is 6.03 Å². The fourth-order valence-corrected chi connectivity index (χ4v) is 1.41. The SMILES string of the molecule is CNC(=O)c1ccc(CNC(=O)NC(C)C)cc1. The number of amides is 3. The maximum atomic E-state index is 11.4. The smallest absolute Gasteiger partial charge is 0.315 e. The molecule has 0 radical (unpaired) electrons. The van der Waals surface area contributed by atoms with Crippen LogP contribution in [0.5, 0.6) is 0 Å². The molecule has 0 fully saturated rings. The number of carbonyl (C=O) groups excluding carboxylic acids is 2. The van der Waals surface area contributed by atoms with Crippen molar-refractivity contribution in [1.82, 2.24) is 16.0 Å². The second-order valence-electron chi connectivity index (χ2n) is 4.26. The summed E-state index contributed by atoms with van der Waals surface area (Å²) < 4.78 is 0. The third-order valence-electron chi connectivity index (χ3n) is 2.32. The molecule has 0 atom stereocenters. The summed E-state index contributed by atoms with van der Waals surface area (Å²) in [5.41, 5.74) is 1.55. The molecule has 0 saturated heterocycles. The Morgan fingerprint density at radius 1 is 1.17 bits per heavy atom. The summed E-state index contributed by atoms with van der Waals surface area (Å²) in [5, 5.41) is 8.03. The van der Waals surface area contributed by atoms with E-state index in [1.807, 2.05) is 26.0 Å². The summed E-state index contributed by atoms with van der Waals surface area (Å²) in [4.78, 5) is 22.7. The van der Waals surface area contributed by atoms with Crippen molar-refractivity contribution >= 4 is 11.9 Å². The van der Waals surface area contributed by atoms with Crippen molar-refractivity contribution in [1.29, 1.82) is 0 Å². The molecule has 0 saturated carbocycles. The van der Waals surface area contributed by atoms with Gasteiger partial charge in [0, 0.05) is 25.2 Å². The molecule has 18 heavy (non-hydrogen) atoms. The van der Waals surface area contributed by atoms with E-state index in [0.717, 1.165) is 5.56 Å². The number of urea groups is 1. The molecule has 0 spiro atoms. The van der Waals surface area contributed by atoms with Crippen LogP contribution in [0.1, 0.15) is 29.8 Å². The van der Waals surface area contributed by atoms with Gasteiger partial charge in [0.25, 0.3) is 5.91 Å². The lowest BCUT2D eigenvalue weighted by atomic mass is 10.1. The van der Waals surface area contributed by atoms with Crippen LogP contribution >= 0.6 is 0 Å². The number of nitrogens with one attached hydrogen (secondary N) is 3. The fourth-order valence-electron chi connectivity index (χ4n) is 1.41. The van der Waals surface area contributed by atoms with Gasteiger partial charge < -0.3 is 16.0 Å². The summed E-state index contributed by atoms with van der Waals surface area (Å²) >= 11 is 0. The zero-order chi connectivity index (χ0) is 13.5. The van der Waals surface area contributed by atoms with Crippen LogP contribution < -0.4 is 16.0 Å². The topological polar surface area (TPSA) is 70.2 Å². The lowest BCUT2D eigenvalue weighted by Crippen LogP contribution is -2.39. The van der Waals surface area contributed by atoms with Crippen LogP contribution in [-0.4, -0.2) is 25.0 Å². The van der Waals surface area contributed by atoms with Gasteiger partial charge in [-0.1, -0.05) is 12.1 Å². The summed E-state index contributed by atoms with van der Waals surface area (Å²) in [7, 11) is 1.59. The predicted molar refractivity (Wildman–Crippen MR) is 70.3 cm³/mol. The molecule has 98 valence electrons. The lowest BCUT2D eigenvalue weighted by Gasteiger charge is -2.10. The van der Waals surface area contributed by atoms with Crippen LogP contribution in [0.25, 0.3) is 0 Å². The zero-order valence-electron chi connectivity index (χ0n) is 10.9. The first-order valence-corrected chi connectivity index (χ1v) is 5.88. The molecule has 1 aromatic rings. The van der Waals surface area contributed by atoms with E-state index in [9.17, 15) is 9.59 Å². The van der Waals surface area contributed by atoms with E-state index in [2.05, 4.69) is 16.0 Å². The fraction of sp³-hybridized carbons (Fsp3) is 0.385. The zero-order valence-corrected chi connectivity index (χ0v) is 10.9. The van der Waals surface area contributed by atoms with Crippen LogP contribution in [0.2, 0.25) is 0 Å². The number of hydrogen-bond donors (Lipinski definition) is 3. The molecule has 0 unspecified atom stereocenters. The van der Waals surface area contributed by atoms with Gasteiger partial charge in [-0.25, -0.2) is 4.79 Å². The Morgan fingerprint density at radius 3 is 2.28 bits per heavy atom. The molecule has 0 aliphatic heterocycles. The molecule has 0 aromatic heterocycles. The molecule has 0 bridgehead atoms. The Kier molecular flexibility index (Phi) is 5.17. The second kappa shape index (κ2) is 6.64. The van der Waals surface area contributed by atoms with Gasteiger partial charge in [0.05, 0.1) is 0 Å². The van der Waals surface area contributed by atoms with Crippen molar-refractivity contribution in [3.63, 3.8) is 0 Å². The minimum atomic E-state index is -0.194. The molecular formula is C13H19N3O2. The van der Waals surface area contributed by atoms with E-state index in [1.165, 1.54) is 0 Å². The highest BCUT2D eigenvalue weighted by Gasteiger charge is 2.04. The van der Waals surface area contributed by atoms with E-state index in [0.29, 0.717) is 12.1 Å². The number of carbonyl (C=O) groups is 2. The van der Waals surface area contributed by atoms with Crippen molar-refractivity contribution in [3.05, 3.63) is 35.4 Å². The molecule has 5 nitrogen and oxygen atoms in total. The van der Waals surface area contributed by atoms with Gasteiger partial charge in [-0.05, 0) is 31.5 Å². The largest absolute Gasteiger partial charge is 0.355 e. The standard InChI is InChI=1S/C13H19N3O2/c1-9(2)16-13(18)15-8-10-4-6-11(7-5-10)12(17)14-3/h4-7,9H,8H2,1-3H3,(H,14,17)(H2,15,16,18). The Bertz CT molecular complexity index is 413. The van der Waals surface area contributed by atoms with Crippen LogP contribution in [0.15, 0.2) is 24.3 Å². The van der Waals surface area contributed by atoms with Crippen molar-refractivity contribution in [2.45, 2.75) is 26.4 Å². The molecule has 3 N–H and O–H groups in total. The molecule has 0 aliphatic carbocycles. The third kappa shape index (κ3) is 4.45. The minimum absolute atomic E-state index is 0.112. The Balaban J connectivity index is 2.49. The van der Waals surface area contributed by atoms with E-state index in [1.54, 1.807) is 19.2 Å². The molecule has 5 heteroatoms. The molecule has 1 rings (SSSR count). The van der Waals surface area contributed by atoms with Gasteiger partial charge in [0.1, 0.15) is 0 Å². The minimum Gasteiger partial charge on any atom is -0.355 e. The van der Waals surface area contributed by atoms with Crippen molar-refractivity contribution in [2.24, 2.45) is 0 Å². The first kappa shape index (κ1) is 14.0. The van der Waals surface area contributed by atoms with Gasteiger partial charge in [-0.2, -0.15) is 0 Å². The Morgan fingerprint density at radius 2 is 1.78 bits per heavy atom. The van der Waals surface area contributed by atoms with Crippen LogP contribution in [0.4, 0.5) is 4.79 Å². The average molecular weight is 249 g/mol. The van der Waals surface area contributed by atoms with E-state index in [4.69, 9.17) is 0 Å². The van der Waals surface area contributed by atoms with E-state index < -0.39 is 0 Å². The van der Waals surface area contributed by atoms with E-state index >= 15 is 0 Å². The van der Waals surface area contributed by atoms with E-state index in [-0.39, 0.29) is 18.0 Å². The monoisotopic (exact) mass is 249 g/mol. The van der Waals surface area contributed by atoms with Crippen LogP contribution in [0.3, 0.4) is 0 Å². The third-order valence-corrected chi connectivity index (χ3v) is 2.32.